The molecule has 1 aromatic carbocycles. The number of ether oxygens (including phenoxy) is 1. The molecule has 108 valence electrons. The zero-order valence-electron chi connectivity index (χ0n) is 11.4. The normalized spacial score (nSPS) is 10.6. The lowest BCUT2D eigenvalue weighted by molar-refractivity contribution is 0.0954. The number of hydrogen-bond acceptors (Lipinski definition) is 4. The maximum Gasteiger partial charge on any atom is 0.272 e. The highest BCUT2D eigenvalue weighted by Crippen LogP contribution is 2.21. The van der Waals surface area contributed by atoms with Gasteiger partial charge in [-0.25, -0.2) is 5.43 Å². The van der Waals surface area contributed by atoms with Gasteiger partial charge in [0.2, 0.25) is 0 Å². The van der Waals surface area contributed by atoms with Crippen molar-refractivity contribution in [1.29, 1.82) is 0 Å². The molecule has 0 radical (unpaired) electrons. The number of hydrogen-bond donors (Lipinski definition) is 1. The van der Waals surface area contributed by atoms with Crippen molar-refractivity contribution in [3.63, 3.8) is 0 Å². The Morgan fingerprint density at radius 3 is 3.05 bits per heavy atom. The first kappa shape index (κ1) is 15.2. The number of aromatic nitrogens is 1. The predicted molar refractivity (Wildman–Crippen MR) is 84.6 cm³/mol. The van der Waals surface area contributed by atoms with E-state index in [-0.39, 0.29) is 5.91 Å². The molecule has 0 bridgehead atoms. The Morgan fingerprint density at radius 1 is 1.48 bits per heavy atom. The fraction of sp³-hybridized carbons (Fsp3) is 0.133. The molecule has 0 aliphatic rings. The quantitative estimate of drug-likeness (QED) is 0.667. The topological polar surface area (TPSA) is 63.6 Å². The van der Waals surface area contributed by atoms with Crippen LogP contribution in [-0.2, 0) is 0 Å². The first-order chi connectivity index (χ1) is 10.2. The van der Waals surface area contributed by atoms with E-state index < -0.39 is 0 Å². The molecule has 2 rings (SSSR count). The lowest BCUT2D eigenvalue weighted by atomic mass is 10.2. The van der Waals surface area contributed by atoms with E-state index in [1.54, 1.807) is 24.5 Å². The molecule has 6 heteroatoms. The third kappa shape index (κ3) is 4.39. The van der Waals surface area contributed by atoms with Gasteiger partial charge in [0.25, 0.3) is 5.91 Å². The number of pyridine rings is 1. The molecule has 1 heterocycles. The van der Waals surface area contributed by atoms with Crippen LogP contribution < -0.4 is 10.2 Å². The van der Waals surface area contributed by atoms with E-state index in [1.807, 2.05) is 25.1 Å². The van der Waals surface area contributed by atoms with Crippen LogP contribution >= 0.6 is 15.9 Å². The molecular weight excluding hydrogens is 334 g/mol. The highest BCUT2D eigenvalue weighted by Gasteiger charge is 2.04. The zero-order valence-corrected chi connectivity index (χ0v) is 13.0. The average molecular weight is 348 g/mol. The van der Waals surface area contributed by atoms with Crippen LogP contribution in [0.5, 0.6) is 5.75 Å². The van der Waals surface area contributed by atoms with E-state index in [0.29, 0.717) is 17.9 Å². The Morgan fingerprint density at radius 2 is 2.33 bits per heavy atom. The second-order valence-electron chi connectivity index (χ2n) is 4.06. The summed E-state index contributed by atoms with van der Waals surface area (Å²) in [4.78, 5) is 15.7. The third-order valence-electron chi connectivity index (χ3n) is 2.57. The van der Waals surface area contributed by atoms with Crippen LogP contribution in [-0.4, -0.2) is 23.7 Å². The summed E-state index contributed by atoms with van der Waals surface area (Å²) in [7, 11) is 0. The molecule has 0 aliphatic heterocycles. The van der Waals surface area contributed by atoms with Gasteiger partial charge in [0, 0.05) is 22.4 Å². The summed E-state index contributed by atoms with van der Waals surface area (Å²) < 4.78 is 6.41. The molecule has 2 aromatic rings. The lowest BCUT2D eigenvalue weighted by Gasteiger charge is -2.07. The molecular formula is C15H14BrN3O2. The maximum absolute atomic E-state index is 11.8. The Hall–Kier alpha value is -2.21. The fourth-order valence-corrected chi connectivity index (χ4v) is 2.01. The second kappa shape index (κ2) is 7.54. The van der Waals surface area contributed by atoms with Crippen LogP contribution in [0, 0.1) is 0 Å². The fourth-order valence-electron chi connectivity index (χ4n) is 1.63. The number of nitrogens with zero attached hydrogens (tertiary/aromatic N) is 2. The van der Waals surface area contributed by atoms with Crippen molar-refractivity contribution in [3.8, 4) is 5.75 Å². The average Bonchev–Trinajstić information content (AvgIpc) is 2.51. The van der Waals surface area contributed by atoms with Crippen LogP contribution in [0.15, 0.2) is 52.3 Å². The number of carbonyl (C=O) groups is 1. The highest BCUT2D eigenvalue weighted by molar-refractivity contribution is 9.10. The first-order valence-electron chi connectivity index (χ1n) is 6.36. The summed E-state index contributed by atoms with van der Waals surface area (Å²) in [6.07, 6.45) is 4.63. The van der Waals surface area contributed by atoms with Gasteiger partial charge in [0.15, 0.2) is 0 Å². The number of benzene rings is 1. The lowest BCUT2D eigenvalue weighted by Crippen LogP contribution is -2.17. The number of nitrogens with one attached hydrogen (secondary N) is 1. The molecule has 21 heavy (non-hydrogen) atoms. The molecule has 1 N–H and O–H groups in total. The van der Waals surface area contributed by atoms with Gasteiger partial charge in [0.1, 0.15) is 5.75 Å². The summed E-state index contributed by atoms with van der Waals surface area (Å²) in [5.74, 6) is 0.396. The molecule has 5 nitrogen and oxygen atoms in total. The highest BCUT2D eigenvalue weighted by atomic mass is 79.9. The smallest absolute Gasteiger partial charge is 0.272 e. The number of halogens is 1. The minimum atomic E-state index is -0.313. The molecule has 0 atom stereocenters. The monoisotopic (exact) mass is 347 g/mol. The second-order valence-corrected chi connectivity index (χ2v) is 4.97. The van der Waals surface area contributed by atoms with E-state index in [4.69, 9.17) is 4.74 Å². The van der Waals surface area contributed by atoms with Gasteiger partial charge in [0.05, 0.1) is 18.4 Å². The van der Waals surface area contributed by atoms with Crippen LogP contribution in [0.1, 0.15) is 22.8 Å². The van der Waals surface area contributed by atoms with E-state index in [0.717, 1.165) is 10.0 Å². The van der Waals surface area contributed by atoms with E-state index >= 15 is 0 Å². The van der Waals surface area contributed by atoms with E-state index in [2.05, 4.69) is 31.4 Å². The number of carbonyl (C=O) groups excluding carboxylic acids is 1. The minimum absolute atomic E-state index is 0.313. The Kier molecular flexibility index (Phi) is 5.45. The molecule has 0 aliphatic carbocycles. The van der Waals surface area contributed by atoms with Gasteiger partial charge < -0.3 is 4.74 Å². The van der Waals surface area contributed by atoms with Gasteiger partial charge in [-0.05, 0) is 37.3 Å². The molecule has 0 unspecified atom stereocenters. The van der Waals surface area contributed by atoms with Gasteiger partial charge >= 0.3 is 0 Å². The Labute approximate surface area is 131 Å². The first-order valence-corrected chi connectivity index (χ1v) is 7.15. The van der Waals surface area contributed by atoms with Crippen molar-refractivity contribution in [2.45, 2.75) is 6.92 Å². The Bertz CT molecular complexity index is 645. The number of amides is 1. The van der Waals surface area contributed by atoms with E-state index in [9.17, 15) is 4.79 Å². The van der Waals surface area contributed by atoms with Crippen LogP contribution in [0.3, 0.4) is 0 Å². The summed E-state index contributed by atoms with van der Waals surface area (Å²) in [5, 5.41) is 3.95. The van der Waals surface area contributed by atoms with Crippen molar-refractivity contribution < 1.29 is 9.53 Å². The van der Waals surface area contributed by atoms with Gasteiger partial charge in [-0.2, -0.15) is 5.10 Å². The standard InChI is InChI=1S/C15H14BrN3O2/c1-2-21-14-6-5-13(16)8-12(14)10-18-19-15(20)11-4-3-7-17-9-11/h3-10H,2H2,1H3,(H,19,20). The SMILES string of the molecule is CCOc1ccc(Br)cc1C=NNC(=O)c1cccnc1. The number of rotatable bonds is 5. The predicted octanol–water partition coefficient (Wildman–Crippen LogP) is 3.01. The van der Waals surface area contributed by atoms with Crippen LogP contribution in [0.2, 0.25) is 0 Å². The van der Waals surface area contributed by atoms with Gasteiger partial charge in [-0.3, -0.25) is 9.78 Å². The summed E-state index contributed by atoms with van der Waals surface area (Å²) in [5.41, 5.74) is 3.68. The molecule has 0 saturated heterocycles. The van der Waals surface area contributed by atoms with Crippen LogP contribution in [0.4, 0.5) is 0 Å². The van der Waals surface area contributed by atoms with Crippen molar-refractivity contribution >= 4 is 28.1 Å². The van der Waals surface area contributed by atoms with E-state index in [1.165, 1.54) is 6.20 Å². The summed E-state index contributed by atoms with van der Waals surface area (Å²) in [6, 6.07) is 8.96. The molecule has 1 aromatic heterocycles. The maximum atomic E-state index is 11.8. The van der Waals surface area contributed by atoms with Crippen molar-refractivity contribution in [3.05, 3.63) is 58.3 Å². The van der Waals surface area contributed by atoms with Crippen molar-refractivity contribution in [2.24, 2.45) is 5.10 Å². The molecule has 0 saturated carbocycles. The van der Waals surface area contributed by atoms with Crippen molar-refractivity contribution in [2.75, 3.05) is 6.61 Å². The van der Waals surface area contributed by atoms with Gasteiger partial charge in [-0.1, -0.05) is 15.9 Å². The van der Waals surface area contributed by atoms with Gasteiger partial charge in [-0.15, -0.1) is 0 Å². The largest absolute Gasteiger partial charge is 0.493 e. The summed E-state index contributed by atoms with van der Waals surface area (Å²) in [6.45, 7) is 2.47. The molecule has 0 fully saturated rings. The summed E-state index contributed by atoms with van der Waals surface area (Å²) >= 11 is 3.39. The molecule has 0 spiro atoms. The third-order valence-corrected chi connectivity index (χ3v) is 3.06. The Balaban J connectivity index is 2.07. The molecule has 1 amide bonds. The van der Waals surface area contributed by atoms with Crippen molar-refractivity contribution in [1.82, 2.24) is 10.4 Å². The zero-order chi connectivity index (χ0) is 15.1. The van der Waals surface area contributed by atoms with Crippen LogP contribution in [0.25, 0.3) is 0 Å². The number of hydrazone groups is 1. The minimum Gasteiger partial charge on any atom is -0.493 e.